The number of nitrogens with zero attached hydrogens (tertiary/aromatic N) is 4. The third kappa shape index (κ3) is 4.32. The Hall–Kier alpha value is -2.63. The third-order valence-corrected chi connectivity index (χ3v) is 7.98. The first-order valence-electron chi connectivity index (χ1n) is 10.8. The number of carbonyl (C=O) groups excluding carboxylic acids is 1. The highest BCUT2D eigenvalue weighted by molar-refractivity contribution is 7.99. The van der Waals surface area contributed by atoms with Gasteiger partial charge in [-0.1, -0.05) is 23.9 Å². The lowest BCUT2D eigenvalue weighted by Crippen LogP contribution is -2.29. The molecule has 1 aliphatic carbocycles. The van der Waals surface area contributed by atoms with E-state index in [-0.39, 0.29) is 17.2 Å². The molecular formula is C24H26N4O2S2. The van der Waals surface area contributed by atoms with Crippen LogP contribution < -0.4 is 5.56 Å². The molecule has 0 spiro atoms. The first-order chi connectivity index (χ1) is 15.4. The van der Waals surface area contributed by atoms with Gasteiger partial charge in [0.05, 0.1) is 29.3 Å². The van der Waals surface area contributed by atoms with Crippen LogP contribution in [-0.2, 0) is 17.6 Å². The van der Waals surface area contributed by atoms with E-state index < -0.39 is 0 Å². The Morgan fingerprint density at radius 2 is 2.09 bits per heavy atom. The fourth-order valence-electron chi connectivity index (χ4n) is 4.03. The van der Waals surface area contributed by atoms with Gasteiger partial charge in [0, 0.05) is 18.5 Å². The lowest BCUT2D eigenvalue weighted by molar-refractivity contribution is -0.127. The van der Waals surface area contributed by atoms with Gasteiger partial charge in [-0.2, -0.15) is 5.26 Å². The topological polar surface area (TPSA) is 79.0 Å². The van der Waals surface area contributed by atoms with Gasteiger partial charge >= 0.3 is 0 Å². The van der Waals surface area contributed by atoms with E-state index in [1.165, 1.54) is 16.6 Å². The maximum Gasteiger partial charge on any atom is 0.267 e. The third-order valence-electron chi connectivity index (χ3n) is 5.87. The van der Waals surface area contributed by atoms with Crippen molar-refractivity contribution in [2.45, 2.75) is 51.1 Å². The van der Waals surface area contributed by atoms with E-state index in [0.29, 0.717) is 18.1 Å². The standard InChI is InChI=1S/C24H26N4O2S2/c1-15-9-10-16(2)18(13-15)28-23(30)21-17-7-4-5-8-19(17)32-22(21)26-24(28)31-14-20(29)27(3)12-6-11-25/h9-10,13H,4-8,12,14H2,1-3H3. The number of nitriles is 1. The molecule has 0 fully saturated rings. The Balaban J connectivity index is 1.82. The van der Waals surface area contributed by atoms with Crippen molar-refractivity contribution < 1.29 is 4.79 Å². The van der Waals surface area contributed by atoms with E-state index >= 15 is 0 Å². The van der Waals surface area contributed by atoms with Gasteiger partial charge in [-0.05, 0) is 62.3 Å². The first kappa shape index (κ1) is 22.6. The van der Waals surface area contributed by atoms with E-state index in [4.69, 9.17) is 10.2 Å². The number of carbonyl (C=O) groups is 1. The lowest BCUT2D eigenvalue weighted by Gasteiger charge is -2.17. The monoisotopic (exact) mass is 466 g/mol. The largest absolute Gasteiger partial charge is 0.344 e. The number of rotatable bonds is 6. The highest BCUT2D eigenvalue weighted by Gasteiger charge is 2.24. The number of aryl methyl sites for hydroxylation is 4. The van der Waals surface area contributed by atoms with Crippen molar-refractivity contribution in [2.75, 3.05) is 19.3 Å². The van der Waals surface area contributed by atoms with Gasteiger partial charge in [0.1, 0.15) is 4.83 Å². The van der Waals surface area contributed by atoms with Crippen molar-refractivity contribution in [1.29, 1.82) is 5.26 Å². The molecule has 32 heavy (non-hydrogen) atoms. The molecule has 1 aliphatic rings. The number of aromatic nitrogens is 2. The molecule has 0 aliphatic heterocycles. The smallest absolute Gasteiger partial charge is 0.267 e. The summed E-state index contributed by atoms with van der Waals surface area (Å²) < 4.78 is 1.69. The fraction of sp³-hybridized carbons (Fsp3) is 0.417. The molecule has 166 valence electrons. The van der Waals surface area contributed by atoms with Crippen LogP contribution in [0.15, 0.2) is 28.2 Å². The van der Waals surface area contributed by atoms with Crippen LogP contribution in [-0.4, -0.2) is 39.7 Å². The molecule has 0 radical (unpaired) electrons. The van der Waals surface area contributed by atoms with Gasteiger partial charge in [0.25, 0.3) is 5.56 Å². The van der Waals surface area contributed by atoms with Gasteiger partial charge in [0.15, 0.2) is 5.16 Å². The minimum atomic E-state index is -0.0856. The molecule has 1 aromatic carbocycles. The van der Waals surface area contributed by atoms with Crippen molar-refractivity contribution in [3.63, 3.8) is 0 Å². The SMILES string of the molecule is Cc1ccc(C)c(-n2c(SCC(=O)N(C)CCC#N)nc3sc4c(c3c2=O)CCCC4)c1. The van der Waals surface area contributed by atoms with Gasteiger partial charge in [-0.25, -0.2) is 4.98 Å². The molecule has 2 heterocycles. The number of thioether (sulfide) groups is 1. The Morgan fingerprint density at radius 3 is 2.88 bits per heavy atom. The summed E-state index contributed by atoms with van der Waals surface area (Å²) in [7, 11) is 1.70. The van der Waals surface area contributed by atoms with Crippen molar-refractivity contribution in [2.24, 2.45) is 0 Å². The molecular weight excluding hydrogens is 440 g/mol. The Kier molecular flexibility index (Phi) is 6.68. The van der Waals surface area contributed by atoms with Crippen LogP contribution >= 0.6 is 23.1 Å². The Labute approximate surface area is 195 Å². The summed E-state index contributed by atoms with van der Waals surface area (Å²) in [5.74, 6) is 0.0770. The molecule has 0 bridgehead atoms. The molecule has 3 aromatic rings. The van der Waals surface area contributed by atoms with Gasteiger partial charge in [-0.15, -0.1) is 11.3 Å². The van der Waals surface area contributed by atoms with Crippen LogP contribution in [0.1, 0.15) is 40.8 Å². The number of hydrogen-bond donors (Lipinski definition) is 0. The predicted octanol–water partition coefficient (Wildman–Crippen LogP) is 4.41. The quantitative estimate of drug-likeness (QED) is 0.397. The minimum absolute atomic E-state index is 0.0455. The molecule has 0 saturated carbocycles. The summed E-state index contributed by atoms with van der Waals surface area (Å²) >= 11 is 2.91. The van der Waals surface area contributed by atoms with E-state index in [1.54, 1.807) is 27.9 Å². The molecule has 8 heteroatoms. The van der Waals surface area contributed by atoms with Crippen molar-refractivity contribution in [3.8, 4) is 11.8 Å². The number of amides is 1. The number of thiophene rings is 1. The highest BCUT2D eigenvalue weighted by Crippen LogP contribution is 2.35. The van der Waals surface area contributed by atoms with Crippen molar-refractivity contribution in [1.82, 2.24) is 14.5 Å². The molecule has 0 atom stereocenters. The Morgan fingerprint density at radius 1 is 1.31 bits per heavy atom. The van der Waals surface area contributed by atoms with E-state index in [2.05, 4.69) is 6.07 Å². The average Bonchev–Trinajstić information content (AvgIpc) is 3.16. The van der Waals surface area contributed by atoms with Crippen LogP contribution in [0.25, 0.3) is 15.9 Å². The Bertz CT molecular complexity index is 1290. The second-order valence-corrected chi connectivity index (χ2v) is 10.3. The molecule has 0 unspecified atom stereocenters. The zero-order chi connectivity index (χ0) is 22.8. The first-order valence-corrected chi connectivity index (χ1v) is 12.6. The highest BCUT2D eigenvalue weighted by atomic mass is 32.2. The summed E-state index contributed by atoms with van der Waals surface area (Å²) in [5.41, 5.74) is 3.98. The minimum Gasteiger partial charge on any atom is -0.344 e. The van der Waals surface area contributed by atoms with Crippen molar-refractivity contribution in [3.05, 3.63) is 50.1 Å². The molecule has 1 amide bonds. The predicted molar refractivity (Wildman–Crippen MR) is 130 cm³/mol. The van der Waals surface area contributed by atoms with Crippen molar-refractivity contribution >= 4 is 39.2 Å². The number of benzene rings is 1. The van der Waals surface area contributed by atoms with Crippen LogP contribution in [0, 0.1) is 25.2 Å². The zero-order valence-corrected chi connectivity index (χ0v) is 20.2. The van der Waals surface area contributed by atoms with E-state index in [9.17, 15) is 9.59 Å². The van der Waals surface area contributed by atoms with E-state index in [0.717, 1.165) is 58.3 Å². The fourth-order valence-corrected chi connectivity index (χ4v) is 6.28. The average molecular weight is 467 g/mol. The normalized spacial score (nSPS) is 13.1. The summed E-state index contributed by atoms with van der Waals surface area (Å²) in [6, 6.07) is 8.12. The molecule has 6 nitrogen and oxygen atoms in total. The number of fused-ring (bicyclic) bond motifs is 3. The van der Waals surface area contributed by atoms with Gasteiger partial charge < -0.3 is 4.90 Å². The molecule has 0 N–H and O–H groups in total. The van der Waals surface area contributed by atoms with Crippen LogP contribution in [0.5, 0.6) is 0 Å². The summed E-state index contributed by atoms with van der Waals surface area (Å²) in [4.78, 5) is 34.9. The second kappa shape index (κ2) is 9.47. The lowest BCUT2D eigenvalue weighted by atomic mass is 9.97. The summed E-state index contributed by atoms with van der Waals surface area (Å²) in [6.07, 6.45) is 4.47. The summed E-state index contributed by atoms with van der Waals surface area (Å²) in [6.45, 7) is 4.39. The van der Waals surface area contributed by atoms with Crippen LogP contribution in [0.4, 0.5) is 0 Å². The second-order valence-electron chi connectivity index (χ2n) is 8.23. The van der Waals surface area contributed by atoms with Gasteiger partial charge in [-0.3, -0.25) is 14.2 Å². The number of hydrogen-bond acceptors (Lipinski definition) is 6. The maximum atomic E-state index is 13.9. The maximum absolute atomic E-state index is 13.9. The van der Waals surface area contributed by atoms with Crippen LogP contribution in [0.2, 0.25) is 0 Å². The zero-order valence-electron chi connectivity index (χ0n) is 18.6. The molecule has 4 rings (SSSR count). The molecule has 0 saturated heterocycles. The molecule has 2 aromatic heterocycles. The van der Waals surface area contributed by atoms with Crippen LogP contribution in [0.3, 0.4) is 0 Å². The van der Waals surface area contributed by atoms with E-state index in [1.807, 2.05) is 32.0 Å². The van der Waals surface area contributed by atoms with Gasteiger partial charge in [0.2, 0.25) is 5.91 Å². The summed E-state index contributed by atoms with van der Waals surface area (Å²) in [5, 5.41) is 10.1.